The van der Waals surface area contributed by atoms with E-state index in [0.29, 0.717) is 47.0 Å². The molecular formula is C50H54F2N10O5S. The fourth-order valence-electron chi connectivity index (χ4n) is 11.3. The third-order valence-electron chi connectivity index (χ3n) is 15.2. The molecule has 0 aliphatic carbocycles. The van der Waals surface area contributed by atoms with E-state index in [-0.39, 0.29) is 52.7 Å². The van der Waals surface area contributed by atoms with Crippen LogP contribution in [0.15, 0.2) is 72.5 Å². The number of imidazole rings is 1. The highest BCUT2D eigenvalue weighted by molar-refractivity contribution is 7.13. The lowest BCUT2D eigenvalue weighted by Crippen LogP contribution is -2.63. The Morgan fingerprint density at radius 2 is 1.71 bits per heavy atom. The number of halogens is 2. The molecule has 15 nitrogen and oxygen atoms in total. The summed E-state index contributed by atoms with van der Waals surface area (Å²) in [7, 11) is 0. The number of anilines is 3. The number of hydrogen-bond donors (Lipinski definition) is 4. The Hall–Kier alpha value is -6.24. The van der Waals surface area contributed by atoms with Gasteiger partial charge in [-0.05, 0) is 117 Å². The molecule has 0 radical (unpaired) electrons. The molecule has 4 saturated heterocycles. The van der Waals surface area contributed by atoms with E-state index >= 15 is 8.78 Å². The quantitative estimate of drug-likeness (QED) is 0.126. The lowest BCUT2D eigenvalue weighted by atomic mass is 9.72. The number of benzene rings is 3. The van der Waals surface area contributed by atoms with Crippen molar-refractivity contribution in [1.29, 1.82) is 0 Å². The molecule has 6 aliphatic heterocycles. The van der Waals surface area contributed by atoms with Crippen molar-refractivity contribution in [3.63, 3.8) is 0 Å². The first-order chi connectivity index (χ1) is 33.0. The molecule has 354 valence electrons. The number of aryl methyl sites for hydroxylation is 1. The van der Waals surface area contributed by atoms with Crippen LogP contribution in [0.5, 0.6) is 0 Å². The molecular weight excluding hydrogens is 891 g/mol. The number of hydrogen-bond acceptors (Lipinski definition) is 11. The summed E-state index contributed by atoms with van der Waals surface area (Å²) in [6.45, 7) is 5.78. The first-order valence-electron chi connectivity index (χ1n) is 23.7. The number of aliphatic hydroxyl groups excluding tert-OH is 1. The largest absolute Gasteiger partial charge is 0.378 e. The van der Waals surface area contributed by atoms with Gasteiger partial charge in [-0.25, -0.2) is 18.7 Å². The Bertz CT molecular complexity index is 2740. The van der Waals surface area contributed by atoms with Crippen molar-refractivity contribution in [1.82, 2.24) is 34.6 Å². The maximum absolute atomic E-state index is 16.0. The second-order valence-electron chi connectivity index (χ2n) is 19.4. The molecule has 0 saturated carbocycles. The van der Waals surface area contributed by atoms with Crippen LogP contribution in [0.25, 0.3) is 11.1 Å². The number of carbonyl (C=O) groups excluding carboxylic acids is 4. The Kier molecular flexibility index (Phi) is 11.7. The van der Waals surface area contributed by atoms with Crippen molar-refractivity contribution >= 4 is 51.5 Å². The first kappa shape index (κ1) is 44.3. The Morgan fingerprint density at radius 3 is 2.44 bits per heavy atom. The van der Waals surface area contributed by atoms with Gasteiger partial charge in [0, 0.05) is 84.3 Å². The summed E-state index contributed by atoms with van der Waals surface area (Å²) in [6, 6.07) is 14.9. The first-order valence-corrected chi connectivity index (χ1v) is 24.6. The van der Waals surface area contributed by atoms with Gasteiger partial charge in [0.2, 0.25) is 11.8 Å². The van der Waals surface area contributed by atoms with Crippen LogP contribution in [0.2, 0.25) is 0 Å². The van der Waals surface area contributed by atoms with Gasteiger partial charge < -0.3 is 35.0 Å². The molecule has 4 fully saturated rings. The van der Waals surface area contributed by atoms with Crippen LogP contribution in [-0.2, 0) is 33.9 Å². The van der Waals surface area contributed by atoms with Gasteiger partial charge in [0.25, 0.3) is 11.8 Å². The zero-order valence-corrected chi connectivity index (χ0v) is 38.4. The van der Waals surface area contributed by atoms with Gasteiger partial charge in [-0.2, -0.15) is 0 Å². The van der Waals surface area contributed by atoms with E-state index in [4.69, 9.17) is 0 Å². The van der Waals surface area contributed by atoms with Gasteiger partial charge in [0.1, 0.15) is 17.9 Å². The van der Waals surface area contributed by atoms with Gasteiger partial charge in [-0.15, -0.1) is 11.3 Å². The standard InChI is InChI=1S/C50H54F2N10O5S/c51-38-23-32(22-36-37(38)25-62(48(36)67)45(47(66)57-49-53-15-21-68-49)44-41-2-1-16-60(41)29-54-44)30-3-6-34(7-4-30)59-19-13-50(14-20-59)27-61(28-50)43(64)26-58-17-11-31(12-18-58)35-8-5-33(24-39(35)52)55-40-9-10-42(63)56-46(40)65/h3-8,15,21-24,29,31,40,45-46,55,65H,1-2,9-14,16-20,25-28H2,(H,56,63)(H,53,57,66)/t40-,45?,46?/m0/s1. The SMILES string of the molecule is O=C1CC[C@H](Nc2ccc(C3CCN(CC(=O)N4CC5(CCN(c6ccc(-c7cc(F)c8c(c7)C(=O)N(C(C(=O)Nc7nccs7)c7ncn9c7CCC9)C8)cc6)CC5)C4)CC3)c(F)c2)C(O)N1. The average Bonchev–Trinajstić information content (AvgIpc) is 4.15. The van der Waals surface area contributed by atoms with Crippen molar-refractivity contribution in [2.75, 3.05) is 61.3 Å². The summed E-state index contributed by atoms with van der Waals surface area (Å²) in [6.07, 6.45) is 8.19. The second kappa shape index (κ2) is 18.0. The summed E-state index contributed by atoms with van der Waals surface area (Å²) >= 11 is 1.28. The van der Waals surface area contributed by atoms with E-state index in [0.717, 1.165) is 101 Å². The third kappa shape index (κ3) is 8.50. The molecule has 2 aromatic heterocycles. The monoisotopic (exact) mass is 944 g/mol. The zero-order chi connectivity index (χ0) is 46.7. The molecule has 5 aromatic rings. The number of likely N-dealkylation sites (tertiary alicyclic amines) is 2. The van der Waals surface area contributed by atoms with Crippen molar-refractivity contribution in [2.45, 2.75) is 88.7 Å². The number of carbonyl (C=O) groups is 4. The van der Waals surface area contributed by atoms with Crippen LogP contribution in [0, 0.1) is 17.0 Å². The van der Waals surface area contributed by atoms with Gasteiger partial charge in [-0.1, -0.05) is 18.2 Å². The molecule has 2 unspecified atom stereocenters. The molecule has 18 heteroatoms. The van der Waals surface area contributed by atoms with Crippen LogP contribution in [0.1, 0.15) is 89.8 Å². The predicted octanol–water partition coefficient (Wildman–Crippen LogP) is 5.88. The van der Waals surface area contributed by atoms with E-state index < -0.39 is 29.9 Å². The van der Waals surface area contributed by atoms with E-state index in [9.17, 15) is 24.3 Å². The number of thiazole rings is 1. The molecule has 4 N–H and O–H groups in total. The minimum atomic E-state index is -1.05. The number of nitrogens with one attached hydrogen (secondary N) is 3. The molecule has 0 bridgehead atoms. The number of amides is 4. The van der Waals surface area contributed by atoms with Gasteiger partial charge in [0.05, 0.1) is 31.2 Å². The van der Waals surface area contributed by atoms with Crippen molar-refractivity contribution in [2.24, 2.45) is 5.41 Å². The topological polar surface area (TPSA) is 168 Å². The molecule has 3 atom stereocenters. The summed E-state index contributed by atoms with van der Waals surface area (Å²) in [5.74, 6) is -1.63. The van der Waals surface area contributed by atoms with Crippen molar-refractivity contribution in [3.8, 4) is 11.1 Å². The minimum Gasteiger partial charge on any atom is -0.378 e. The van der Waals surface area contributed by atoms with Crippen LogP contribution in [0.3, 0.4) is 0 Å². The van der Waals surface area contributed by atoms with E-state index in [1.165, 1.54) is 28.4 Å². The summed E-state index contributed by atoms with van der Waals surface area (Å²) < 4.78 is 33.3. The smallest absolute Gasteiger partial charge is 0.255 e. The summed E-state index contributed by atoms with van der Waals surface area (Å²) in [5, 5.41) is 20.8. The molecule has 4 amide bonds. The Labute approximate surface area is 396 Å². The Balaban J connectivity index is 0.661. The summed E-state index contributed by atoms with van der Waals surface area (Å²) in [4.78, 5) is 69.7. The van der Waals surface area contributed by atoms with E-state index in [2.05, 4.69) is 35.7 Å². The molecule has 6 aliphatic rings. The second-order valence-corrected chi connectivity index (χ2v) is 20.3. The lowest BCUT2D eigenvalue weighted by molar-refractivity contribution is -0.146. The maximum atomic E-state index is 16.0. The van der Waals surface area contributed by atoms with Crippen molar-refractivity contribution < 1.29 is 33.1 Å². The Morgan fingerprint density at radius 1 is 0.912 bits per heavy atom. The predicted molar refractivity (Wildman–Crippen MR) is 252 cm³/mol. The van der Waals surface area contributed by atoms with E-state index in [1.807, 2.05) is 45.9 Å². The van der Waals surface area contributed by atoms with Crippen molar-refractivity contribution in [3.05, 3.63) is 112 Å². The van der Waals surface area contributed by atoms with Crippen LogP contribution in [0.4, 0.5) is 25.3 Å². The highest BCUT2D eigenvalue weighted by Crippen LogP contribution is 2.43. The van der Waals surface area contributed by atoms with Crippen LogP contribution < -0.4 is 20.9 Å². The molecule has 68 heavy (non-hydrogen) atoms. The highest BCUT2D eigenvalue weighted by atomic mass is 32.1. The number of fused-ring (bicyclic) bond motifs is 2. The molecule has 3 aromatic carbocycles. The van der Waals surface area contributed by atoms with Crippen LogP contribution in [-0.4, -0.2) is 116 Å². The van der Waals surface area contributed by atoms with Crippen LogP contribution >= 0.6 is 11.3 Å². The fourth-order valence-corrected chi connectivity index (χ4v) is 11.8. The highest BCUT2D eigenvalue weighted by Gasteiger charge is 2.47. The number of aliphatic hydroxyl groups is 1. The summed E-state index contributed by atoms with van der Waals surface area (Å²) in [5.41, 5.74) is 5.70. The number of rotatable bonds is 11. The number of nitrogens with zero attached hydrogens (tertiary/aromatic N) is 7. The average molecular weight is 945 g/mol. The number of aromatic nitrogens is 3. The minimum absolute atomic E-state index is 0.0535. The normalized spacial score (nSPS) is 21.9. The third-order valence-corrected chi connectivity index (χ3v) is 15.9. The molecule has 1 spiro atoms. The van der Waals surface area contributed by atoms with Gasteiger partial charge in [0.15, 0.2) is 11.2 Å². The zero-order valence-electron chi connectivity index (χ0n) is 37.6. The molecule has 8 heterocycles. The molecule has 11 rings (SSSR count). The van der Waals surface area contributed by atoms with Gasteiger partial charge >= 0.3 is 0 Å². The fraction of sp³-hybridized carbons (Fsp3) is 0.440. The van der Waals surface area contributed by atoms with Gasteiger partial charge in [-0.3, -0.25) is 29.4 Å². The lowest BCUT2D eigenvalue weighted by Gasteiger charge is -2.54. The number of piperidine rings is 3. The van der Waals surface area contributed by atoms with E-state index in [1.54, 1.807) is 24.0 Å². The maximum Gasteiger partial charge on any atom is 0.255 e.